The fourth-order valence-electron chi connectivity index (χ4n) is 3.06. The third kappa shape index (κ3) is 2.98. The van der Waals surface area contributed by atoms with Crippen LogP contribution in [0.25, 0.3) is 0 Å². The Labute approximate surface area is 127 Å². The van der Waals surface area contributed by atoms with E-state index in [9.17, 15) is 4.79 Å². The zero-order chi connectivity index (χ0) is 15.3. The summed E-state index contributed by atoms with van der Waals surface area (Å²) in [7, 11) is 0. The van der Waals surface area contributed by atoms with E-state index in [2.05, 4.69) is 23.5 Å². The van der Waals surface area contributed by atoms with Gasteiger partial charge in [-0.1, -0.05) is 24.3 Å². The number of amides is 1. The molecule has 2 saturated carbocycles. The number of nitrogens with two attached hydrogens (primary N) is 1. The number of hydrogen-bond donors (Lipinski definition) is 2. The molecule has 0 radical (unpaired) electrons. The van der Waals surface area contributed by atoms with Crippen LogP contribution in [-0.4, -0.2) is 17.0 Å². The highest BCUT2D eigenvalue weighted by Gasteiger charge is 2.53. The SMILES string of the molecule is CC(C)(C)NC(=O)C1(c2ccccc2CC2(N)CC2)CC1. The Hall–Kier alpha value is -1.35. The van der Waals surface area contributed by atoms with E-state index < -0.39 is 0 Å². The van der Waals surface area contributed by atoms with Crippen LogP contribution in [0.1, 0.15) is 57.6 Å². The molecule has 114 valence electrons. The molecule has 1 aromatic rings. The van der Waals surface area contributed by atoms with Crippen molar-refractivity contribution < 1.29 is 4.79 Å². The highest BCUT2D eigenvalue weighted by molar-refractivity contribution is 5.92. The molecule has 0 bridgehead atoms. The van der Waals surface area contributed by atoms with Gasteiger partial charge in [0.05, 0.1) is 5.41 Å². The fraction of sp³-hybridized carbons (Fsp3) is 0.611. The molecular weight excluding hydrogens is 260 g/mol. The lowest BCUT2D eigenvalue weighted by atomic mass is 9.87. The predicted molar refractivity (Wildman–Crippen MR) is 85.1 cm³/mol. The average Bonchev–Trinajstić information content (AvgIpc) is 3.26. The molecule has 1 aromatic carbocycles. The highest BCUT2D eigenvalue weighted by atomic mass is 16.2. The second-order valence-electron chi connectivity index (χ2n) is 7.98. The minimum atomic E-state index is -0.310. The first-order valence-corrected chi connectivity index (χ1v) is 7.94. The summed E-state index contributed by atoms with van der Waals surface area (Å²) in [5.74, 6) is 0.171. The van der Waals surface area contributed by atoms with E-state index in [1.807, 2.05) is 26.8 Å². The molecule has 3 heteroatoms. The molecule has 0 heterocycles. The summed E-state index contributed by atoms with van der Waals surface area (Å²) < 4.78 is 0. The maximum atomic E-state index is 12.7. The smallest absolute Gasteiger partial charge is 0.231 e. The van der Waals surface area contributed by atoms with Crippen LogP contribution in [0.2, 0.25) is 0 Å². The van der Waals surface area contributed by atoms with Crippen LogP contribution in [0.3, 0.4) is 0 Å². The number of hydrogen-bond acceptors (Lipinski definition) is 2. The van der Waals surface area contributed by atoms with E-state index in [0.717, 1.165) is 32.1 Å². The lowest BCUT2D eigenvalue weighted by Crippen LogP contribution is -2.46. The summed E-state index contributed by atoms with van der Waals surface area (Å²) in [5, 5.41) is 3.16. The van der Waals surface area contributed by atoms with Gasteiger partial charge in [-0.05, 0) is 64.0 Å². The summed E-state index contributed by atoms with van der Waals surface area (Å²) in [6.07, 6.45) is 4.99. The summed E-state index contributed by atoms with van der Waals surface area (Å²) in [6, 6.07) is 8.37. The molecule has 0 spiro atoms. The summed E-state index contributed by atoms with van der Waals surface area (Å²) >= 11 is 0. The number of carbonyl (C=O) groups excluding carboxylic acids is 1. The van der Waals surface area contributed by atoms with Crippen LogP contribution in [-0.2, 0) is 16.6 Å². The number of rotatable bonds is 4. The second-order valence-corrected chi connectivity index (χ2v) is 7.98. The minimum Gasteiger partial charge on any atom is -0.351 e. The van der Waals surface area contributed by atoms with Crippen LogP contribution < -0.4 is 11.1 Å². The van der Waals surface area contributed by atoms with Crippen molar-refractivity contribution >= 4 is 5.91 Å². The Morgan fingerprint density at radius 2 is 1.81 bits per heavy atom. The van der Waals surface area contributed by atoms with E-state index in [-0.39, 0.29) is 22.4 Å². The molecule has 3 rings (SSSR count). The van der Waals surface area contributed by atoms with Crippen molar-refractivity contribution in [2.75, 3.05) is 0 Å². The normalized spacial score (nSPS) is 21.7. The van der Waals surface area contributed by atoms with Gasteiger partial charge in [-0.2, -0.15) is 0 Å². The number of carbonyl (C=O) groups is 1. The van der Waals surface area contributed by atoms with Crippen LogP contribution >= 0.6 is 0 Å². The van der Waals surface area contributed by atoms with E-state index >= 15 is 0 Å². The molecule has 3 N–H and O–H groups in total. The molecule has 1 amide bonds. The van der Waals surface area contributed by atoms with Crippen molar-refractivity contribution in [1.29, 1.82) is 0 Å². The molecule has 0 unspecified atom stereocenters. The maximum absolute atomic E-state index is 12.7. The van der Waals surface area contributed by atoms with Crippen LogP contribution in [0.4, 0.5) is 0 Å². The second kappa shape index (κ2) is 4.57. The van der Waals surface area contributed by atoms with Crippen molar-refractivity contribution in [3.05, 3.63) is 35.4 Å². The Morgan fingerprint density at radius 1 is 1.19 bits per heavy atom. The van der Waals surface area contributed by atoms with E-state index in [1.54, 1.807) is 0 Å². The van der Waals surface area contributed by atoms with Crippen molar-refractivity contribution in [3.8, 4) is 0 Å². The largest absolute Gasteiger partial charge is 0.351 e. The van der Waals surface area contributed by atoms with Gasteiger partial charge in [-0.25, -0.2) is 0 Å². The van der Waals surface area contributed by atoms with Gasteiger partial charge >= 0.3 is 0 Å². The Kier molecular flexibility index (Phi) is 3.17. The minimum absolute atomic E-state index is 0.0211. The van der Waals surface area contributed by atoms with Crippen molar-refractivity contribution in [2.45, 2.75) is 69.4 Å². The van der Waals surface area contributed by atoms with Crippen molar-refractivity contribution in [2.24, 2.45) is 5.73 Å². The standard InChI is InChI=1S/C18H26N2O/c1-16(2,3)20-15(21)18(10-11-18)14-7-5-4-6-13(14)12-17(19)8-9-17/h4-7H,8-12,19H2,1-3H3,(H,20,21). The first-order valence-electron chi connectivity index (χ1n) is 7.94. The molecule has 21 heavy (non-hydrogen) atoms. The zero-order valence-electron chi connectivity index (χ0n) is 13.3. The fourth-order valence-corrected chi connectivity index (χ4v) is 3.06. The summed E-state index contributed by atoms with van der Waals surface area (Å²) in [6.45, 7) is 6.10. The van der Waals surface area contributed by atoms with Gasteiger partial charge in [0.2, 0.25) is 5.91 Å². The predicted octanol–water partition coefficient (Wildman–Crippen LogP) is 2.67. The molecule has 2 fully saturated rings. The third-order valence-corrected chi connectivity index (χ3v) is 4.64. The molecule has 0 atom stereocenters. The zero-order valence-corrected chi connectivity index (χ0v) is 13.3. The van der Waals surface area contributed by atoms with Crippen LogP contribution in [0.5, 0.6) is 0 Å². The monoisotopic (exact) mass is 286 g/mol. The van der Waals surface area contributed by atoms with Gasteiger partial charge in [-0.15, -0.1) is 0 Å². The van der Waals surface area contributed by atoms with Gasteiger partial charge < -0.3 is 11.1 Å². The van der Waals surface area contributed by atoms with E-state index in [0.29, 0.717) is 0 Å². The van der Waals surface area contributed by atoms with E-state index in [4.69, 9.17) is 5.73 Å². The Bertz CT molecular complexity index is 563. The van der Waals surface area contributed by atoms with Crippen LogP contribution in [0.15, 0.2) is 24.3 Å². The number of nitrogens with one attached hydrogen (secondary N) is 1. The topological polar surface area (TPSA) is 55.1 Å². The molecule has 0 aromatic heterocycles. The van der Waals surface area contributed by atoms with Gasteiger partial charge in [0.25, 0.3) is 0 Å². The lowest BCUT2D eigenvalue weighted by molar-refractivity contribution is -0.125. The van der Waals surface area contributed by atoms with Crippen LogP contribution in [0, 0.1) is 0 Å². The average molecular weight is 286 g/mol. The van der Waals surface area contributed by atoms with Crippen molar-refractivity contribution in [1.82, 2.24) is 5.32 Å². The maximum Gasteiger partial charge on any atom is 0.231 e. The first-order chi connectivity index (χ1) is 9.74. The third-order valence-electron chi connectivity index (χ3n) is 4.64. The molecular formula is C18H26N2O. The molecule has 0 aliphatic heterocycles. The van der Waals surface area contributed by atoms with Gasteiger partial charge in [0.1, 0.15) is 0 Å². The summed E-state index contributed by atoms with van der Waals surface area (Å²) in [5.41, 5.74) is 8.23. The number of benzene rings is 1. The lowest BCUT2D eigenvalue weighted by Gasteiger charge is -2.26. The van der Waals surface area contributed by atoms with Gasteiger partial charge in [0, 0.05) is 11.1 Å². The summed E-state index contributed by atoms with van der Waals surface area (Å²) in [4.78, 5) is 12.7. The first kappa shape index (κ1) is 14.6. The van der Waals surface area contributed by atoms with Gasteiger partial charge in [-0.3, -0.25) is 4.79 Å². The quantitative estimate of drug-likeness (QED) is 0.894. The molecule has 3 nitrogen and oxygen atoms in total. The molecule has 2 aliphatic rings. The Balaban J connectivity index is 1.87. The molecule has 2 aliphatic carbocycles. The van der Waals surface area contributed by atoms with Gasteiger partial charge in [0.15, 0.2) is 0 Å². The van der Waals surface area contributed by atoms with E-state index in [1.165, 1.54) is 11.1 Å². The molecule has 0 saturated heterocycles. The Morgan fingerprint density at radius 3 is 2.33 bits per heavy atom. The van der Waals surface area contributed by atoms with Crippen molar-refractivity contribution in [3.63, 3.8) is 0 Å². The highest BCUT2D eigenvalue weighted by Crippen LogP contribution is 2.51.